The molecule has 3 amide bonds. The number of rotatable bonds is 5. The second-order valence-electron chi connectivity index (χ2n) is 7.42. The van der Waals surface area contributed by atoms with Gasteiger partial charge in [0.2, 0.25) is 5.91 Å². The van der Waals surface area contributed by atoms with Gasteiger partial charge in [0.05, 0.1) is 0 Å². The van der Waals surface area contributed by atoms with E-state index in [0.29, 0.717) is 5.69 Å². The number of carbonyl (C=O) groups excluding carboxylic acids is 3. The summed E-state index contributed by atoms with van der Waals surface area (Å²) in [6, 6.07) is 12.0. The van der Waals surface area contributed by atoms with Gasteiger partial charge in [0.25, 0.3) is 11.8 Å². The number of carbonyl (C=O) groups is 3. The van der Waals surface area contributed by atoms with E-state index in [1.807, 2.05) is 0 Å². The number of hydrazine groups is 1. The Labute approximate surface area is 168 Å². The third-order valence-electron chi connectivity index (χ3n) is 3.87. The number of halogens is 1. The van der Waals surface area contributed by atoms with Crippen molar-refractivity contribution in [2.24, 2.45) is 5.41 Å². The van der Waals surface area contributed by atoms with Gasteiger partial charge in [0.15, 0.2) is 17.7 Å². The lowest BCUT2D eigenvalue weighted by molar-refractivity contribution is -0.128. The molecule has 0 aliphatic carbocycles. The van der Waals surface area contributed by atoms with Gasteiger partial charge in [-0.15, -0.1) is 0 Å². The van der Waals surface area contributed by atoms with E-state index in [-0.39, 0.29) is 17.2 Å². The van der Waals surface area contributed by atoms with E-state index in [4.69, 9.17) is 4.74 Å². The topological polar surface area (TPSA) is 96.5 Å². The molecule has 2 rings (SSSR count). The number of anilines is 1. The van der Waals surface area contributed by atoms with Crippen molar-refractivity contribution in [2.75, 3.05) is 5.32 Å². The largest absolute Gasteiger partial charge is 0.478 e. The van der Waals surface area contributed by atoms with Crippen molar-refractivity contribution in [2.45, 2.75) is 33.8 Å². The van der Waals surface area contributed by atoms with E-state index in [0.717, 1.165) is 0 Å². The van der Waals surface area contributed by atoms with Gasteiger partial charge in [-0.2, -0.15) is 0 Å². The molecule has 0 aliphatic heterocycles. The van der Waals surface area contributed by atoms with Gasteiger partial charge in [0.1, 0.15) is 0 Å². The minimum atomic E-state index is -1.04. The first-order valence-corrected chi connectivity index (χ1v) is 9.01. The fraction of sp³-hybridized carbons (Fsp3) is 0.286. The quantitative estimate of drug-likeness (QED) is 0.671. The lowest BCUT2D eigenvalue weighted by atomic mass is 9.95. The molecule has 3 N–H and O–H groups in total. The van der Waals surface area contributed by atoms with Crippen molar-refractivity contribution in [3.05, 3.63) is 59.9 Å². The van der Waals surface area contributed by atoms with Gasteiger partial charge in [-0.1, -0.05) is 39.0 Å². The third-order valence-corrected chi connectivity index (χ3v) is 3.87. The second-order valence-corrected chi connectivity index (χ2v) is 7.42. The van der Waals surface area contributed by atoms with Crippen LogP contribution in [0.2, 0.25) is 0 Å². The molecule has 2 aromatic rings. The van der Waals surface area contributed by atoms with Crippen LogP contribution in [0.25, 0.3) is 0 Å². The van der Waals surface area contributed by atoms with Crippen molar-refractivity contribution in [1.29, 1.82) is 0 Å². The zero-order valence-corrected chi connectivity index (χ0v) is 16.7. The van der Waals surface area contributed by atoms with Crippen LogP contribution in [0.1, 0.15) is 38.1 Å². The summed E-state index contributed by atoms with van der Waals surface area (Å²) in [5.74, 6) is -2.08. The summed E-state index contributed by atoms with van der Waals surface area (Å²) in [5.41, 5.74) is 4.61. The molecule has 0 saturated heterocycles. The van der Waals surface area contributed by atoms with Gasteiger partial charge in [-0.3, -0.25) is 25.2 Å². The van der Waals surface area contributed by atoms with Gasteiger partial charge in [0, 0.05) is 16.7 Å². The maximum Gasteiger partial charge on any atom is 0.279 e. The molecule has 0 radical (unpaired) electrons. The monoisotopic (exact) mass is 401 g/mol. The molecule has 1 atom stereocenters. The number of ether oxygens (including phenoxy) is 1. The Hall–Kier alpha value is -3.42. The van der Waals surface area contributed by atoms with Crippen LogP contribution in [0.3, 0.4) is 0 Å². The summed E-state index contributed by atoms with van der Waals surface area (Å²) in [5, 5.41) is 2.73. The predicted octanol–water partition coefficient (Wildman–Crippen LogP) is 3.04. The molecule has 0 bridgehead atoms. The molecule has 2 aromatic carbocycles. The van der Waals surface area contributed by atoms with Crippen LogP contribution in [0.5, 0.6) is 5.75 Å². The summed E-state index contributed by atoms with van der Waals surface area (Å²) in [7, 11) is 0. The number of benzene rings is 2. The molecular weight excluding hydrogens is 377 g/mol. The van der Waals surface area contributed by atoms with Crippen molar-refractivity contribution in [3.63, 3.8) is 0 Å². The summed E-state index contributed by atoms with van der Waals surface area (Å²) < 4.78 is 18.8. The molecule has 29 heavy (non-hydrogen) atoms. The molecule has 8 heteroatoms. The molecule has 0 fully saturated rings. The summed E-state index contributed by atoms with van der Waals surface area (Å²) in [6.07, 6.45) is -1.04. The highest BCUT2D eigenvalue weighted by molar-refractivity contribution is 5.99. The Kier molecular flexibility index (Phi) is 6.93. The molecular formula is C21H24FN3O4. The highest BCUT2D eigenvalue weighted by Crippen LogP contribution is 2.18. The van der Waals surface area contributed by atoms with Crippen LogP contribution in [0.4, 0.5) is 10.1 Å². The Morgan fingerprint density at radius 1 is 1.00 bits per heavy atom. The first kappa shape index (κ1) is 21.9. The molecule has 154 valence electrons. The minimum absolute atomic E-state index is 0.0660. The van der Waals surface area contributed by atoms with Gasteiger partial charge < -0.3 is 10.1 Å². The maximum atomic E-state index is 13.6. The first-order chi connectivity index (χ1) is 13.6. The number of amides is 3. The molecule has 1 unspecified atom stereocenters. The average molecular weight is 401 g/mol. The zero-order valence-electron chi connectivity index (χ0n) is 16.7. The fourth-order valence-electron chi connectivity index (χ4n) is 2.13. The third kappa shape index (κ3) is 6.31. The molecule has 0 saturated carbocycles. The van der Waals surface area contributed by atoms with E-state index in [2.05, 4.69) is 16.2 Å². The highest BCUT2D eigenvalue weighted by atomic mass is 19.1. The van der Waals surface area contributed by atoms with Crippen LogP contribution >= 0.6 is 0 Å². The van der Waals surface area contributed by atoms with E-state index in [1.165, 1.54) is 37.3 Å². The number of hydrogen-bond acceptors (Lipinski definition) is 4. The SMILES string of the molecule is CC(Oc1ccccc1F)C(=O)NNC(=O)c1cccc(NC(=O)C(C)(C)C)c1. The molecule has 7 nitrogen and oxygen atoms in total. The maximum absolute atomic E-state index is 13.6. The van der Waals surface area contributed by atoms with Crippen molar-refractivity contribution in [3.8, 4) is 5.75 Å². The van der Waals surface area contributed by atoms with Crippen molar-refractivity contribution in [1.82, 2.24) is 10.9 Å². The Balaban J connectivity index is 1.93. The van der Waals surface area contributed by atoms with Gasteiger partial charge in [-0.25, -0.2) is 4.39 Å². The highest BCUT2D eigenvalue weighted by Gasteiger charge is 2.21. The lowest BCUT2D eigenvalue weighted by Crippen LogP contribution is -2.47. The lowest BCUT2D eigenvalue weighted by Gasteiger charge is -2.18. The minimum Gasteiger partial charge on any atom is -0.478 e. The summed E-state index contributed by atoms with van der Waals surface area (Å²) >= 11 is 0. The Bertz CT molecular complexity index is 909. The van der Waals surface area contributed by atoms with Crippen LogP contribution in [0, 0.1) is 11.2 Å². The molecule has 0 aromatic heterocycles. The number of nitrogens with one attached hydrogen (secondary N) is 3. The van der Waals surface area contributed by atoms with E-state index >= 15 is 0 Å². The smallest absolute Gasteiger partial charge is 0.279 e. The van der Waals surface area contributed by atoms with Gasteiger partial charge in [-0.05, 0) is 37.3 Å². The molecule has 0 spiro atoms. The number of hydrogen-bond donors (Lipinski definition) is 3. The molecule has 0 heterocycles. The standard InChI is InChI=1S/C21H24FN3O4/c1-13(29-17-11-6-5-10-16(17)22)18(26)24-25-19(27)14-8-7-9-15(12-14)23-20(28)21(2,3)4/h5-13H,1-4H3,(H,23,28)(H,24,26)(H,25,27). The Morgan fingerprint density at radius 2 is 1.69 bits per heavy atom. The number of para-hydroxylation sites is 1. The van der Waals surface area contributed by atoms with Crippen LogP contribution < -0.4 is 20.9 Å². The molecule has 0 aliphatic rings. The summed E-state index contributed by atoms with van der Waals surface area (Å²) in [6.45, 7) is 6.76. The normalized spacial score (nSPS) is 11.9. The first-order valence-electron chi connectivity index (χ1n) is 9.01. The Morgan fingerprint density at radius 3 is 2.34 bits per heavy atom. The predicted molar refractivity (Wildman–Crippen MR) is 107 cm³/mol. The van der Waals surface area contributed by atoms with Crippen LogP contribution in [-0.2, 0) is 9.59 Å². The van der Waals surface area contributed by atoms with E-state index in [1.54, 1.807) is 39.0 Å². The fourth-order valence-corrected chi connectivity index (χ4v) is 2.13. The zero-order chi connectivity index (χ0) is 21.6. The van der Waals surface area contributed by atoms with Gasteiger partial charge >= 0.3 is 0 Å². The van der Waals surface area contributed by atoms with E-state index < -0.39 is 29.2 Å². The van der Waals surface area contributed by atoms with Crippen LogP contribution in [-0.4, -0.2) is 23.8 Å². The van der Waals surface area contributed by atoms with Crippen LogP contribution in [0.15, 0.2) is 48.5 Å². The van der Waals surface area contributed by atoms with E-state index in [9.17, 15) is 18.8 Å². The second kappa shape index (κ2) is 9.18. The van der Waals surface area contributed by atoms with Crippen molar-refractivity contribution < 1.29 is 23.5 Å². The van der Waals surface area contributed by atoms with Crippen molar-refractivity contribution >= 4 is 23.4 Å². The average Bonchev–Trinajstić information content (AvgIpc) is 2.67. The summed E-state index contributed by atoms with van der Waals surface area (Å²) in [4.78, 5) is 36.4.